The first-order valence-corrected chi connectivity index (χ1v) is 12.2. The van der Waals surface area contributed by atoms with E-state index in [9.17, 15) is 4.79 Å². The Bertz CT molecular complexity index is 1110. The van der Waals surface area contributed by atoms with Crippen molar-refractivity contribution in [1.82, 2.24) is 0 Å². The monoisotopic (exact) mass is 519 g/mol. The Labute approximate surface area is 211 Å². The molecular formula is C29H30BrNO3. The minimum absolute atomic E-state index is 0. The third kappa shape index (κ3) is 4.27. The van der Waals surface area contributed by atoms with E-state index in [0.29, 0.717) is 5.92 Å². The maximum absolute atomic E-state index is 13.0. The molecule has 0 spiro atoms. The molecule has 5 heteroatoms. The normalized spacial score (nSPS) is 24.6. The second-order valence-corrected chi connectivity index (χ2v) is 9.85. The Balaban J connectivity index is 0.00000241. The van der Waals surface area contributed by atoms with Crippen molar-refractivity contribution in [3.05, 3.63) is 95.6 Å². The molecule has 2 bridgehead atoms. The number of ether oxygens (including phenoxy) is 2. The molecule has 3 aromatic carbocycles. The summed E-state index contributed by atoms with van der Waals surface area (Å²) in [7, 11) is 0. The second-order valence-electron chi connectivity index (χ2n) is 9.85. The van der Waals surface area contributed by atoms with Crippen molar-refractivity contribution in [2.45, 2.75) is 31.5 Å². The molecule has 34 heavy (non-hydrogen) atoms. The highest BCUT2D eigenvalue weighted by molar-refractivity contribution is 5.79. The van der Waals surface area contributed by atoms with Crippen molar-refractivity contribution in [1.29, 1.82) is 0 Å². The molecule has 1 aliphatic carbocycles. The number of halogens is 1. The lowest BCUT2D eigenvalue weighted by Crippen LogP contribution is -3.00. The van der Waals surface area contributed by atoms with Crippen molar-refractivity contribution in [2.24, 2.45) is 5.92 Å². The van der Waals surface area contributed by atoms with Gasteiger partial charge in [0.2, 0.25) is 0 Å². The number of nitrogens with zero attached hydrogens (tertiary/aromatic N) is 1. The van der Waals surface area contributed by atoms with Crippen LogP contribution in [-0.4, -0.2) is 42.9 Å². The Morgan fingerprint density at radius 1 is 0.794 bits per heavy atom. The predicted octanol–water partition coefficient (Wildman–Crippen LogP) is 2.77. The average Bonchev–Trinajstić information content (AvgIpc) is 3.18. The zero-order chi connectivity index (χ0) is 22.3. The molecule has 4 nitrogen and oxygen atoms in total. The summed E-state index contributed by atoms with van der Waals surface area (Å²) in [5.74, 6) is 0.456. The predicted molar refractivity (Wildman–Crippen MR) is 128 cm³/mol. The van der Waals surface area contributed by atoms with Gasteiger partial charge in [0.05, 0.1) is 19.6 Å². The fourth-order valence-electron chi connectivity index (χ4n) is 6.16. The van der Waals surface area contributed by atoms with Crippen molar-refractivity contribution in [3.8, 4) is 11.1 Å². The fraction of sp³-hybridized carbons (Fsp3) is 0.345. The second kappa shape index (κ2) is 9.55. The van der Waals surface area contributed by atoms with Gasteiger partial charge in [0.15, 0.2) is 12.2 Å². The fourth-order valence-corrected chi connectivity index (χ4v) is 6.16. The number of rotatable bonds is 5. The molecule has 3 fully saturated rings. The molecule has 0 aromatic heterocycles. The molecule has 3 aromatic rings. The van der Waals surface area contributed by atoms with Crippen LogP contribution in [0.5, 0.6) is 0 Å². The Hall–Kier alpha value is -2.63. The van der Waals surface area contributed by atoms with Crippen LogP contribution in [-0.2, 0) is 15.9 Å². The summed E-state index contributed by atoms with van der Waals surface area (Å²) in [6.07, 6.45) is 2.34. The van der Waals surface area contributed by atoms with E-state index < -0.39 is 12.3 Å². The molecule has 0 unspecified atom stereocenters. The van der Waals surface area contributed by atoms with Gasteiger partial charge in [-0.3, -0.25) is 0 Å². The number of quaternary nitrogens is 1. The molecule has 3 aliphatic heterocycles. The van der Waals surface area contributed by atoms with E-state index in [1.54, 1.807) is 0 Å². The van der Waals surface area contributed by atoms with Gasteiger partial charge in [-0.05, 0) is 16.7 Å². The molecule has 3 saturated heterocycles. The van der Waals surface area contributed by atoms with E-state index in [-0.39, 0.29) is 23.1 Å². The number of carbonyl (C=O) groups is 1. The molecule has 0 saturated carbocycles. The van der Waals surface area contributed by atoms with Crippen LogP contribution in [0.4, 0.5) is 4.79 Å². The van der Waals surface area contributed by atoms with Crippen LogP contribution in [0.3, 0.4) is 0 Å². The number of benzene rings is 3. The summed E-state index contributed by atoms with van der Waals surface area (Å²) in [6.45, 7) is 4.39. The SMILES string of the molecule is O=C(OC1c2ccccc2-c2ccccc21)O[C@H]1C[N+]2(CCc3ccccc3)CCC1CC2.[Br-]. The number of carbonyl (C=O) groups excluding carboxylic acids is 1. The molecular weight excluding hydrogens is 490 g/mol. The topological polar surface area (TPSA) is 35.5 Å². The molecule has 176 valence electrons. The summed E-state index contributed by atoms with van der Waals surface area (Å²) in [4.78, 5) is 13.0. The lowest BCUT2D eigenvalue weighted by Gasteiger charge is -2.52. The van der Waals surface area contributed by atoms with E-state index in [1.165, 1.54) is 18.7 Å². The Morgan fingerprint density at radius 2 is 1.38 bits per heavy atom. The molecule has 1 atom stereocenters. The average molecular weight is 520 g/mol. The van der Waals surface area contributed by atoms with E-state index in [1.807, 2.05) is 36.4 Å². The van der Waals surface area contributed by atoms with E-state index in [4.69, 9.17) is 9.47 Å². The number of hydrogen-bond acceptors (Lipinski definition) is 3. The molecule has 3 heterocycles. The highest BCUT2D eigenvalue weighted by atomic mass is 79.9. The van der Waals surface area contributed by atoms with E-state index in [0.717, 1.165) is 59.1 Å². The Kier molecular flexibility index (Phi) is 6.50. The maximum atomic E-state index is 13.0. The van der Waals surface area contributed by atoms with Crippen LogP contribution in [0.1, 0.15) is 35.6 Å². The summed E-state index contributed by atoms with van der Waals surface area (Å²) >= 11 is 0. The van der Waals surface area contributed by atoms with Gasteiger partial charge in [0.25, 0.3) is 0 Å². The smallest absolute Gasteiger partial charge is 0.509 e. The van der Waals surface area contributed by atoms with Crippen LogP contribution < -0.4 is 17.0 Å². The minimum Gasteiger partial charge on any atom is -1.00 e. The van der Waals surface area contributed by atoms with Crippen LogP contribution in [0.15, 0.2) is 78.9 Å². The van der Waals surface area contributed by atoms with Gasteiger partial charge < -0.3 is 30.9 Å². The highest BCUT2D eigenvalue weighted by Gasteiger charge is 2.48. The standard InChI is InChI=1S/C29H30NO3.BrH/c31-29(33-28-25-12-6-4-10-23(25)24-11-5-7-13-26(24)28)32-27-20-30(18-15-22(27)16-19-30)17-14-21-8-2-1-3-9-21;/h1-13,22,27-28H,14-20H2;1H/q+1;/p-1/t22?,27-,30?;/m0./s1. The van der Waals surface area contributed by atoms with Crippen LogP contribution >= 0.6 is 0 Å². The van der Waals surface area contributed by atoms with Crippen LogP contribution in [0, 0.1) is 5.92 Å². The van der Waals surface area contributed by atoms with E-state index in [2.05, 4.69) is 42.5 Å². The van der Waals surface area contributed by atoms with Gasteiger partial charge in [0.1, 0.15) is 6.54 Å². The first-order chi connectivity index (χ1) is 16.2. The molecule has 4 aliphatic rings. The van der Waals surface area contributed by atoms with E-state index >= 15 is 0 Å². The van der Waals surface area contributed by atoms with Crippen molar-refractivity contribution in [2.75, 3.05) is 26.2 Å². The lowest BCUT2D eigenvalue weighted by molar-refractivity contribution is -0.946. The summed E-state index contributed by atoms with van der Waals surface area (Å²) in [5, 5.41) is 0. The number of fused-ring (bicyclic) bond motifs is 6. The molecule has 0 radical (unpaired) electrons. The van der Waals surface area contributed by atoms with Crippen molar-refractivity contribution >= 4 is 6.16 Å². The zero-order valence-electron chi connectivity index (χ0n) is 19.2. The largest absolute Gasteiger partial charge is 1.00 e. The van der Waals surface area contributed by atoms with Crippen molar-refractivity contribution in [3.63, 3.8) is 0 Å². The van der Waals surface area contributed by atoms with Gasteiger partial charge in [-0.1, -0.05) is 78.9 Å². The number of piperidine rings is 3. The highest BCUT2D eigenvalue weighted by Crippen LogP contribution is 2.45. The van der Waals surface area contributed by atoms with Gasteiger partial charge in [-0.25, -0.2) is 4.79 Å². The molecule has 0 N–H and O–H groups in total. The third-order valence-corrected chi connectivity index (χ3v) is 8.00. The van der Waals surface area contributed by atoms with Crippen molar-refractivity contribution < 1.29 is 35.7 Å². The molecule has 0 amide bonds. The Morgan fingerprint density at radius 3 is 2.03 bits per heavy atom. The quantitative estimate of drug-likeness (QED) is 0.384. The number of hydrogen-bond donors (Lipinski definition) is 0. The van der Waals surface area contributed by atoms with Gasteiger partial charge >= 0.3 is 6.16 Å². The third-order valence-electron chi connectivity index (χ3n) is 8.00. The molecule has 7 rings (SSSR count). The summed E-state index contributed by atoms with van der Waals surface area (Å²) in [6, 6.07) is 27.0. The first-order valence-electron chi connectivity index (χ1n) is 12.2. The minimum atomic E-state index is -0.536. The van der Waals surface area contributed by atoms with Crippen LogP contribution in [0.2, 0.25) is 0 Å². The van der Waals surface area contributed by atoms with Gasteiger partial charge in [-0.15, -0.1) is 0 Å². The summed E-state index contributed by atoms with van der Waals surface area (Å²) in [5.41, 5.74) is 5.73. The maximum Gasteiger partial charge on any atom is 0.509 e. The first kappa shape index (κ1) is 23.1. The van der Waals surface area contributed by atoms with Gasteiger partial charge in [-0.2, -0.15) is 0 Å². The van der Waals surface area contributed by atoms with Gasteiger partial charge in [0, 0.05) is 36.3 Å². The van der Waals surface area contributed by atoms with Crippen LogP contribution in [0.25, 0.3) is 11.1 Å². The summed E-state index contributed by atoms with van der Waals surface area (Å²) < 4.78 is 13.0. The lowest BCUT2D eigenvalue weighted by atomic mass is 9.83. The zero-order valence-corrected chi connectivity index (χ0v) is 20.8.